The van der Waals surface area contributed by atoms with Gasteiger partial charge in [-0.2, -0.15) is 0 Å². The van der Waals surface area contributed by atoms with Crippen LogP contribution in [0.2, 0.25) is 0 Å². The fraction of sp³-hybridized carbons (Fsp3) is 0.514. The van der Waals surface area contributed by atoms with E-state index in [2.05, 4.69) is 36.6 Å². The van der Waals surface area contributed by atoms with E-state index in [1.165, 1.54) is 17.5 Å². The largest absolute Gasteiger partial charge is 0.359 e. The van der Waals surface area contributed by atoms with Crippen molar-refractivity contribution in [3.8, 4) is 0 Å². The number of nitrogens with one attached hydrogen (secondary N) is 2. The Morgan fingerprint density at radius 1 is 0.976 bits per heavy atom. The smallest absolute Gasteiger partial charge is 0.246 e. The molecule has 1 saturated carbocycles. The number of rotatable bonds is 9. The summed E-state index contributed by atoms with van der Waals surface area (Å²) < 4.78 is 6.55. The van der Waals surface area contributed by atoms with Crippen LogP contribution >= 0.6 is 0 Å². The number of carbonyl (C=O) groups is 3. The molecule has 4 aliphatic rings. The first kappa shape index (κ1) is 28.7. The number of hydrogen-bond acceptors (Lipinski definition) is 4. The Morgan fingerprint density at radius 2 is 1.69 bits per heavy atom. The molecule has 3 aliphatic heterocycles. The highest BCUT2D eigenvalue weighted by molar-refractivity contribution is 6.03. The molecule has 42 heavy (non-hydrogen) atoms. The van der Waals surface area contributed by atoms with Gasteiger partial charge < -0.3 is 20.3 Å². The highest BCUT2D eigenvalue weighted by Crippen LogP contribution is 2.56. The van der Waals surface area contributed by atoms with Crippen LogP contribution in [0, 0.1) is 11.8 Å². The lowest BCUT2D eigenvalue weighted by molar-refractivity contribution is -0.143. The minimum Gasteiger partial charge on any atom is -0.359 e. The lowest BCUT2D eigenvalue weighted by Crippen LogP contribution is -2.58. The molecule has 1 spiro atoms. The van der Waals surface area contributed by atoms with Gasteiger partial charge in [0.25, 0.3) is 0 Å². The normalized spacial score (nSPS) is 29.1. The third-order valence-electron chi connectivity index (χ3n) is 9.83. The van der Waals surface area contributed by atoms with Crippen molar-refractivity contribution in [1.82, 2.24) is 10.2 Å². The topological polar surface area (TPSA) is 87.7 Å². The maximum absolute atomic E-state index is 14.4. The van der Waals surface area contributed by atoms with Gasteiger partial charge in [0, 0.05) is 17.8 Å². The molecular formula is C35H43N3O4. The van der Waals surface area contributed by atoms with Gasteiger partial charge in [-0.1, -0.05) is 87.7 Å². The predicted molar refractivity (Wildman–Crippen MR) is 163 cm³/mol. The molecule has 0 unspecified atom stereocenters. The van der Waals surface area contributed by atoms with E-state index in [9.17, 15) is 14.4 Å². The van der Waals surface area contributed by atoms with E-state index in [0.717, 1.165) is 32.1 Å². The Kier molecular flexibility index (Phi) is 7.97. The number of anilines is 1. The zero-order chi connectivity index (χ0) is 29.4. The van der Waals surface area contributed by atoms with Crippen LogP contribution in [-0.2, 0) is 25.5 Å². The van der Waals surface area contributed by atoms with E-state index < -0.39 is 29.6 Å². The zero-order valence-corrected chi connectivity index (χ0v) is 24.9. The van der Waals surface area contributed by atoms with Crippen molar-refractivity contribution in [2.24, 2.45) is 11.8 Å². The number of nitrogens with zero attached hydrogens (tertiary/aromatic N) is 1. The lowest BCUT2D eigenvalue weighted by Gasteiger charge is -2.36. The molecule has 2 saturated heterocycles. The summed E-state index contributed by atoms with van der Waals surface area (Å²) in [6.07, 6.45) is 10.0. The second-order valence-corrected chi connectivity index (χ2v) is 12.9. The Balaban J connectivity index is 1.27. The van der Waals surface area contributed by atoms with Crippen LogP contribution in [0.3, 0.4) is 0 Å². The van der Waals surface area contributed by atoms with Gasteiger partial charge in [0.1, 0.15) is 11.6 Å². The SMILES string of the molecule is CC(C)c1ccc(NC(=O)[C@H]2[C@H]3C=C[C@]4(O3)[C@H](C(=O)NC3CCCCC3)N([C@H](C)CCc3ccccc3)C(=O)[C@@H]24)cc1. The third kappa shape index (κ3) is 5.17. The first-order valence-corrected chi connectivity index (χ1v) is 15.7. The summed E-state index contributed by atoms with van der Waals surface area (Å²) in [7, 11) is 0. The molecule has 0 radical (unpaired) electrons. The van der Waals surface area contributed by atoms with E-state index >= 15 is 0 Å². The Labute approximate surface area is 249 Å². The molecule has 6 rings (SSSR count). The third-order valence-corrected chi connectivity index (χ3v) is 9.83. The Morgan fingerprint density at radius 3 is 2.38 bits per heavy atom. The molecule has 0 aromatic heterocycles. The standard InChI is InChI=1S/C35H43N3O4/c1-22(2)25-16-18-27(19-17-25)36-32(39)29-28-20-21-35(42-28)30(29)34(41)38(23(3)14-15-24-10-6-4-7-11-24)31(35)33(40)37-26-12-8-5-9-13-26/h4,6-7,10-11,16-23,26,28-31H,5,8-9,12-15H2,1-3H3,(H,36,39)(H,37,40)/t23-,28-,29+,30-,31+,35-/m1/s1. The molecular weight excluding hydrogens is 526 g/mol. The molecule has 3 amide bonds. The highest BCUT2D eigenvalue weighted by atomic mass is 16.5. The summed E-state index contributed by atoms with van der Waals surface area (Å²) in [5.74, 6) is -1.64. The zero-order valence-electron chi connectivity index (χ0n) is 24.9. The van der Waals surface area contributed by atoms with Crippen LogP contribution in [0.25, 0.3) is 0 Å². The first-order valence-electron chi connectivity index (χ1n) is 15.7. The summed E-state index contributed by atoms with van der Waals surface area (Å²) in [6, 6.07) is 17.1. The van der Waals surface area contributed by atoms with Crippen LogP contribution in [0.4, 0.5) is 5.69 Å². The number of amides is 3. The molecule has 2 N–H and O–H groups in total. The molecule has 1 aliphatic carbocycles. The monoisotopic (exact) mass is 569 g/mol. The van der Waals surface area contributed by atoms with Crippen molar-refractivity contribution in [2.45, 2.75) is 101 Å². The van der Waals surface area contributed by atoms with Gasteiger partial charge in [-0.05, 0) is 61.8 Å². The van der Waals surface area contributed by atoms with Gasteiger partial charge in [-0.15, -0.1) is 0 Å². The summed E-state index contributed by atoms with van der Waals surface area (Å²) in [5.41, 5.74) is 1.92. The minimum absolute atomic E-state index is 0.105. The van der Waals surface area contributed by atoms with E-state index in [1.807, 2.05) is 61.5 Å². The summed E-state index contributed by atoms with van der Waals surface area (Å²) in [5, 5.41) is 6.32. The summed E-state index contributed by atoms with van der Waals surface area (Å²) >= 11 is 0. The van der Waals surface area contributed by atoms with E-state index in [-0.39, 0.29) is 29.8 Å². The second-order valence-electron chi connectivity index (χ2n) is 12.9. The van der Waals surface area contributed by atoms with Crippen LogP contribution in [-0.4, -0.2) is 52.5 Å². The molecule has 6 atom stereocenters. The van der Waals surface area contributed by atoms with Crippen molar-refractivity contribution in [2.75, 3.05) is 5.32 Å². The number of benzene rings is 2. The number of likely N-dealkylation sites (tertiary alicyclic amines) is 1. The van der Waals surface area contributed by atoms with Crippen LogP contribution in [0.1, 0.15) is 76.3 Å². The Hall–Kier alpha value is -3.45. The van der Waals surface area contributed by atoms with Gasteiger partial charge >= 0.3 is 0 Å². The molecule has 3 fully saturated rings. The predicted octanol–water partition coefficient (Wildman–Crippen LogP) is 5.37. The van der Waals surface area contributed by atoms with Gasteiger partial charge in [-0.3, -0.25) is 14.4 Å². The number of aryl methyl sites for hydroxylation is 1. The fourth-order valence-electron chi connectivity index (χ4n) is 7.54. The average molecular weight is 570 g/mol. The summed E-state index contributed by atoms with van der Waals surface area (Å²) in [6.45, 7) is 6.27. The molecule has 2 bridgehead atoms. The molecule has 2 aromatic carbocycles. The maximum Gasteiger partial charge on any atom is 0.246 e. The van der Waals surface area contributed by atoms with Gasteiger partial charge in [-0.25, -0.2) is 0 Å². The first-order chi connectivity index (χ1) is 20.3. The minimum atomic E-state index is -1.15. The number of hydrogen-bond donors (Lipinski definition) is 2. The van der Waals surface area contributed by atoms with Crippen LogP contribution in [0.15, 0.2) is 66.7 Å². The Bertz CT molecular complexity index is 1330. The van der Waals surface area contributed by atoms with Crippen molar-refractivity contribution < 1.29 is 19.1 Å². The van der Waals surface area contributed by atoms with Crippen molar-refractivity contribution in [1.29, 1.82) is 0 Å². The quantitative estimate of drug-likeness (QED) is 0.398. The van der Waals surface area contributed by atoms with Crippen molar-refractivity contribution >= 4 is 23.4 Å². The van der Waals surface area contributed by atoms with Crippen LogP contribution in [0.5, 0.6) is 0 Å². The summed E-state index contributed by atoms with van der Waals surface area (Å²) in [4.78, 5) is 44.0. The lowest BCUT2D eigenvalue weighted by atomic mass is 9.74. The molecule has 222 valence electrons. The van der Waals surface area contributed by atoms with E-state index in [0.29, 0.717) is 18.0 Å². The van der Waals surface area contributed by atoms with Gasteiger partial charge in [0.2, 0.25) is 17.7 Å². The maximum atomic E-state index is 14.4. The molecule has 7 nitrogen and oxygen atoms in total. The molecule has 2 aromatic rings. The van der Waals surface area contributed by atoms with E-state index in [1.54, 1.807) is 4.90 Å². The van der Waals surface area contributed by atoms with Crippen molar-refractivity contribution in [3.63, 3.8) is 0 Å². The van der Waals surface area contributed by atoms with Gasteiger partial charge in [0.15, 0.2) is 0 Å². The van der Waals surface area contributed by atoms with E-state index in [4.69, 9.17) is 4.74 Å². The van der Waals surface area contributed by atoms with Gasteiger partial charge in [0.05, 0.1) is 17.9 Å². The second kappa shape index (κ2) is 11.7. The van der Waals surface area contributed by atoms with Crippen molar-refractivity contribution in [3.05, 3.63) is 77.9 Å². The van der Waals surface area contributed by atoms with Crippen LogP contribution < -0.4 is 10.6 Å². The molecule has 7 heteroatoms. The number of carbonyl (C=O) groups excluding carboxylic acids is 3. The average Bonchev–Trinajstić information content (AvgIpc) is 3.64. The fourth-order valence-corrected chi connectivity index (χ4v) is 7.54. The molecule has 3 heterocycles. The highest BCUT2D eigenvalue weighted by Gasteiger charge is 2.73. The number of ether oxygens (including phenoxy) is 1. The number of fused-ring (bicyclic) bond motifs is 1.